The van der Waals surface area contributed by atoms with Crippen LogP contribution in [0.25, 0.3) is 0 Å². The van der Waals surface area contributed by atoms with E-state index in [9.17, 15) is 8.42 Å². The third-order valence-electron chi connectivity index (χ3n) is 3.37. The van der Waals surface area contributed by atoms with Gasteiger partial charge < -0.3 is 10.5 Å². The summed E-state index contributed by atoms with van der Waals surface area (Å²) < 4.78 is 28.7. The molecule has 0 radical (unpaired) electrons. The maximum atomic E-state index is 11.5. The molecule has 0 spiro atoms. The fourth-order valence-corrected chi connectivity index (χ4v) is 3.18. The van der Waals surface area contributed by atoms with Crippen LogP contribution in [-0.4, -0.2) is 21.3 Å². The molecule has 100 valence electrons. The first-order valence-electron chi connectivity index (χ1n) is 6.20. The van der Waals surface area contributed by atoms with Gasteiger partial charge in [0.15, 0.2) is 9.84 Å². The van der Waals surface area contributed by atoms with E-state index >= 15 is 0 Å². The van der Waals surface area contributed by atoms with Crippen molar-refractivity contribution < 1.29 is 13.2 Å². The summed E-state index contributed by atoms with van der Waals surface area (Å²) in [6, 6.07) is 4.89. The number of nitrogen functional groups attached to an aromatic ring is 1. The molecule has 0 bridgehead atoms. The molecule has 5 heteroatoms. The molecule has 4 nitrogen and oxygen atoms in total. The zero-order valence-electron chi connectivity index (χ0n) is 10.6. The minimum Gasteiger partial charge on any atom is -0.491 e. The highest BCUT2D eigenvalue weighted by Gasteiger charge is 2.18. The molecule has 1 aliphatic rings. The Bertz CT molecular complexity index is 519. The number of rotatable bonds is 4. The van der Waals surface area contributed by atoms with Gasteiger partial charge in [0, 0.05) is 6.26 Å². The molecule has 0 aliphatic heterocycles. The lowest BCUT2D eigenvalue weighted by molar-refractivity contribution is 0.253. The van der Waals surface area contributed by atoms with Crippen molar-refractivity contribution >= 4 is 15.5 Å². The largest absolute Gasteiger partial charge is 0.491 e. The number of nitrogens with two attached hydrogens (primary N) is 1. The maximum Gasteiger partial charge on any atom is 0.177 e. The summed E-state index contributed by atoms with van der Waals surface area (Å²) in [5.41, 5.74) is 6.07. The second-order valence-corrected chi connectivity index (χ2v) is 6.89. The van der Waals surface area contributed by atoms with Crippen LogP contribution in [0.1, 0.15) is 25.7 Å². The molecule has 1 aromatic rings. The molecule has 2 rings (SSSR count). The van der Waals surface area contributed by atoms with E-state index in [1.165, 1.54) is 31.7 Å². The number of para-hydroxylation sites is 1. The van der Waals surface area contributed by atoms with Crippen molar-refractivity contribution in [2.75, 3.05) is 18.6 Å². The van der Waals surface area contributed by atoms with Crippen molar-refractivity contribution in [3.8, 4) is 5.75 Å². The van der Waals surface area contributed by atoms with Crippen LogP contribution < -0.4 is 10.5 Å². The molecule has 0 saturated heterocycles. The highest BCUT2D eigenvalue weighted by molar-refractivity contribution is 7.90. The second kappa shape index (κ2) is 5.18. The Balaban J connectivity index is 2.13. The predicted octanol–water partition coefficient (Wildman–Crippen LogP) is 2.24. The minimum absolute atomic E-state index is 0.145. The van der Waals surface area contributed by atoms with Gasteiger partial charge in [0.05, 0.1) is 17.2 Å². The zero-order valence-corrected chi connectivity index (χ0v) is 11.4. The number of hydrogen-bond donors (Lipinski definition) is 1. The van der Waals surface area contributed by atoms with Crippen LogP contribution in [0.2, 0.25) is 0 Å². The van der Waals surface area contributed by atoms with Crippen molar-refractivity contribution in [1.82, 2.24) is 0 Å². The van der Waals surface area contributed by atoms with Crippen LogP contribution in [0.15, 0.2) is 23.1 Å². The summed E-state index contributed by atoms with van der Waals surface area (Å²) in [6.45, 7) is 0.622. The number of hydrogen-bond acceptors (Lipinski definition) is 4. The molecule has 1 saturated carbocycles. The van der Waals surface area contributed by atoms with E-state index in [2.05, 4.69) is 0 Å². The van der Waals surface area contributed by atoms with Gasteiger partial charge in [0.25, 0.3) is 0 Å². The van der Waals surface area contributed by atoms with E-state index in [1.54, 1.807) is 12.1 Å². The molecule has 1 aromatic carbocycles. The molecule has 0 atom stereocenters. The SMILES string of the molecule is CS(=O)(=O)c1cccc(OCC2CCCC2)c1N. The Morgan fingerprint density at radius 2 is 2.00 bits per heavy atom. The van der Waals surface area contributed by atoms with Crippen molar-refractivity contribution in [2.45, 2.75) is 30.6 Å². The van der Waals surface area contributed by atoms with Crippen LogP contribution in [-0.2, 0) is 9.84 Å². The third-order valence-corrected chi connectivity index (χ3v) is 4.53. The van der Waals surface area contributed by atoms with Gasteiger partial charge in [-0.1, -0.05) is 18.9 Å². The average molecular weight is 269 g/mol. The highest BCUT2D eigenvalue weighted by atomic mass is 32.2. The molecule has 0 heterocycles. The van der Waals surface area contributed by atoms with Crippen LogP contribution in [0.4, 0.5) is 5.69 Å². The van der Waals surface area contributed by atoms with Crippen LogP contribution in [0, 0.1) is 5.92 Å². The summed E-state index contributed by atoms with van der Waals surface area (Å²) in [7, 11) is -3.30. The quantitative estimate of drug-likeness (QED) is 0.851. The number of ether oxygens (including phenoxy) is 1. The highest BCUT2D eigenvalue weighted by Crippen LogP contribution is 2.31. The van der Waals surface area contributed by atoms with Gasteiger partial charge >= 0.3 is 0 Å². The number of benzene rings is 1. The number of anilines is 1. The Labute approximate surface area is 108 Å². The van der Waals surface area contributed by atoms with Crippen molar-refractivity contribution in [1.29, 1.82) is 0 Å². The maximum absolute atomic E-state index is 11.5. The van der Waals surface area contributed by atoms with Gasteiger partial charge in [-0.15, -0.1) is 0 Å². The van der Waals surface area contributed by atoms with E-state index < -0.39 is 9.84 Å². The van der Waals surface area contributed by atoms with Gasteiger partial charge in [-0.25, -0.2) is 8.42 Å². The summed E-state index contributed by atoms with van der Waals surface area (Å²) >= 11 is 0. The van der Waals surface area contributed by atoms with Crippen molar-refractivity contribution in [3.05, 3.63) is 18.2 Å². The molecular formula is C13H19NO3S. The Hall–Kier alpha value is -1.23. The first-order valence-corrected chi connectivity index (χ1v) is 8.09. The van der Waals surface area contributed by atoms with Crippen LogP contribution in [0.5, 0.6) is 5.75 Å². The fraction of sp³-hybridized carbons (Fsp3) is 0.538. The zero-order chi connectivity index (χ0) is 13.2. The Morgan fingerprint density at radius 1 is 1.33 bits per heavy atom. The first kappa shape index (κ1) is 13.2. The van der Waals surface area contributed by atoms with E-state index in [4.69, 9.17) is 10.5 Å². The van der Waals surface area contributed by atoms with Gasteiger partial charge in [0.2, 0.25) is 0 Å². The first-order chi connectivity index (χ1) is 8.48. The summed E-state index contributed by atoms with van der Waals surface area (Å²) in [4.78, 5) is 0.145. The molecule has 0 amide bonds. The van der Waals surface area contributed by atoms with E-state index in [1.807, 2.05) is 0 Å². The van der Waals surface area contributed by atoms with Gasteiger partial charge in [-0.3, -0.25) is 0 Å². The molecule has 1 fully saturated rings. The topological polar surface area (TPSA) is 69.4 Å². The molecule has 0 aromatic heterocycles. The molecule has 18 heavy (non-hydrogen) atoms. The van der Waals surface area contributed by atoms with Crippen LogP contribution in [0.3, 0.4) is 0 Å². The standard InChI is InChI=1S/C13H19NO3S/c1-18(15,16)12-8-4-7-11(13(12)14)17-9-10-5-2-3-6-10/h4,7-8,10H,2-3,5-6,9,14H2,1H3. The Morgan fingerprint density at radius 3 is 2.61 bits per heavy atom. The van der Waals surface area contributed by atoms with Crippen molar-refractivity contribution in [3.63, 3.8) is 0 Å². The number of sulfone groups is 1. The minimum atomic E-state index is -3.30. The van der Waals surface area contributed by atoms with E-state index in [0.29, 0.717) is 18.3 Å². The lowest BCUT2D eigenvalue weighted by Crippen LogP contribution is -2.10. The average Bonchev–Trinajstić information content (AvgIpc) is 2.79. The molecule has 1 aliphatic carbocycles. The monoisotopic (exact) mass is 269 g/mol. The van der Waals surface area contributed by atoms with Crippen LogP contribution >= 0.6 is 0 Å². The molecule has 2 N–H and O–H groups in total. The molecular weight excluding hydrogens is 250 g/mol. The predicted molar refractivity (Wildman–Crippen MR) is 71.4 cm³/mol. The lowest BCUT2D eigenvalue weighted by atomic mass is 10.1. The normalized spacial score (nSPS) is 16.9. The summed E-state index contributed by atoms with van der Waals surface area (Å²) in [5, 5.41) is 0. The molecule has 0 unspecified atom stereocenters. The van der Waals surface area contributed by atoms with Crippen molar-refractivity contribution in [2.24, 2.45) is 5.92 Å². The smallest absolute Gasteiger partial charge is 0.177 e. The lowest BCUT2D eigenvalue weighted by Gasteiger charge is -2.14. The van der Waals surface area contributed by atoms with E-state index in [0.717, 1.165) is 6.26 Å². The summed E-state index contributed by atoms with van der Waals surface area (Å²) in [6.07, 6.45) is 6.04. The third kappa shape index (κ3) is 2.96. The van der Waals surface area contributed by atoms with Gasteiger partial charge in [-0.05, 0) is 30.9 Å². The summed E-state index contributed by atoms with van der Waals surface area (Å²) in [5.74, 6) is 1.05. The van der Waals surface area contributed by atoms with E-state index in [-0.39, 0.29) is 10.6 Å². The van der Waals surface area contributed by atoms with Gasteiger partial charge in [-0.2, -0.15) is 0 Å². The second-order valence-electron chi connectivity index (χ2n) is 4.90. The fourth-order valence-electron chi connectivity index (χ4n) is 2.36. The Kier molecular flexibility index (Phi) is 3.80. The van der Waals surface area contributed by atoms with Gasteiger partial charge in [0.1, 0.15) is 5.75 Å².